The minimum absolute atomic E-state index is 0.105. The minimum Gasteiger partial charge on any atom is -0.494 e. The van der Waals surface area contributed by atoms with Crippen LogP contribution in [0, 0.1) is 12.7 Å². The molecule has 0 spiro atoms. The van der Waals surface area contributed by atoms with Gasteiger partial charge in [-0.3, -0.25) is 9.59 Å². The first-order valence-electron chi connectivity index (χ1n) is 10.8. The van der Waals surface area contributed by atoms with Crippen molar-refractivity contribution >= 4 is 16.8 Å². The van der Waals surface area contributed by atoms with E-state index in [1.54, 1.807) is 35.2 Å². The van der Waals surface area contributed by atoms with Crippen LogP contribution in [-0.2, 0) is 13.1 Å². The normalized spacial score (nSPS) is 10.9. The summed E-state index contributed by atoms with van der Waals surface area (Å²) in [6.45, 7) is 4.72. The molecule has 3 aromatic carbocycles. The molecule has 0 unspecified atom stereocenters. The highest BCUT2D eigenvalue weighted by atomic mass is 19.1. The van der Waals surface area contributed by atoms with E-state index in [0.717, 1.165) is 16.5 Å². The van der Waals surface area contributed by atoms with Crippen molar-refractivity contribution in [2.24, 2.45) is 0 Å². The molecule has 0 fully saturated rings. The molecule has 1 amide bonds. The first-order valence-corrected chi connectivity index (χ1v) is 10.8. The first-order chi connectivity index (χ1) is 15.9. The van der Waals surface area contributed by atoms with Crippen LogP contribution in [0.15, 0.2) is 77.6 Å². The zero-order valence-corrected chi connectivity index (χ0v) is 18.6. The molecular weight excluding hydrogens is 419 g/mol. The molecule has 0 radical (unpaired) electrons. The van der Waals surface area contributed by atoms with Gasteiger partial charge in [0.25, 0.3) is 11.5 Å². The van der Waals surface area contributed by atoms with Crippen LogP contribution >= 0.6 is 0 Å². The minimum atomic E-state index is -0.341. The van der Waals surface area contributed by atoms with Crippen LogP contribution in [-0.4, -0.2) is 22.4 Å². The highest BCUT2D eigenvalue weighted by Gasteiger charge is 2.19. The summed E-state index contributed by atoms with van der Waals surface area (Å²) in [4.78, 5) is 30.7. The predicted octanol–water partition coefficient (Wildman–Crippen LogP) is 5.22. The lowest BCUT2D eigenvalue weighted by atomic mass is 10.1. The van der Waals surface area contributed by atoms with E-state index in [4.69, 9.17) is 4.74 Å². The Bertz CT molecular complexity index is 1350. The average Bonchev–Trinajstić information content (AvgIpc) is 2.80. The van der Waals surface area contributed by atoms with Crippen LogP contribution in [0.4, 0.5) is 4.39 Å². The van der Waals surface area contributed by atoms with Crippen molar-refractivity contribution in [3.05, 3.63) is 111 Å². The number of aryl methyl sites for hydroxylation is 1. The van der Waals surface area contributed by atoms with Crippen LogP contribution in [0.5, 0.6) is 5.75 Å². The lowest BCUT2D eigenvalue weighted by Crippen LogP contribution is -2.32. The quantitative estimate of drug-likeness (QED) is 0.425. The maximum atomic E-state index is 13.4. The second-order valence-corrected chi connectivity index (χ2v) is 7.96. The Hall–Kier alpha value is -3.93. The molecule has 0 aliphatic rings. The molecule has 1 N–H and O–H groups in total. The maximum absolute atomic E-state index is 13.4. The van der Waals surface area contributed by atoms with Crippen molar-refractivity contribution in [3.8, 4) is 5.75 Å². The Labute approximate surface area is 191 Å². The molecule has 4 rings (SSSR count). The van der Waals surface area contributed by atoms with Gasteiger partial charge in [-0.1, -0.05) is 29.8 Å². The molecule has 0 saturated heterocycles. The number of halogens is 1. The molecule has 0 saturated carbocycles. The van der Waals surface area contributed by atoms with Gasteiger partial charge in [-0.2, -0.15) is 0 Å². The standard InChI is InChI=1S/C27H25FN2O3/c1-3-33-24-11-12-25-21(15-24)14-22(26(31)29-25)17-30(16-19-7-9-23(28)10-8-19)27(32)20-6-4-5-18(2)13-20/h4-15H,3,16-17H2,1-2H3,(H,29,31). The number of rotatable bonds is 7. The molecule has 6 heteroatoms. The number of hydrogen-bond acceptors (Lipinski definition) is 3. The molecule has 4 aromatic rings. The van der Waals surface area contributed by atoms with Crippen molar-refractivity contribution in [2.45, 2.75) is 26.9 Å². The van der Waals surface area contributed by atoms with Gasteiger partial charge < -0.3 is 14.6 Å². The Kier molecular flexibility index (Phi) is 6.54. The molecule has 5 nitrogen and oxygen atoms in total. The Balaban J connectivity index is 1.71. The third-order valence-corrected chi connectivity index (χ3v) is 5.40. The fourth-order valence-electron chi connectivity index (χ4n) is 3.78. The van der Waals surface area contributed by atoms with Crippen molar-refractivity contribution < 1.29 is 13.9 Å². The highest BCUT2D eigenvalue weighted by molar-refractivity contribution is 5.94. The summed E-state index contributed by atoms with van der Waals surface area (Å²) >= 11 is 0. The molecule has 1 heterocycles. The molecule has 168 valence electrons. The SMILES string of the molecule is CCOc1ccc2[nH]c(=O)c(CN(Cc3ccc(F)cc3)C(=O)c3cccc(C)c3)cc2c1. The van der Waals surface area contributed by atoms with Gasteiger partial charge in [0.2, 0.25) is 0 Å². The summed E-state index contributed by atoms with van der Waals surface area (Å²) in [5, 5.41) is 0.820. The summed E-state index contributed by atoms with van der Waals surface area (Å²) < 4.78 is 19.0. The summed E-state index contributed by atoms with van der Waals surface area (Å²) in [5.41, 5.74) is 3.17. The third kappa shape index (κ3) is 5.29. The summed E-state index contributed by atoms with van der Waals surface area (Å²) in [5.74, 6) is 0.166. The Morgan fingerprint density at radius 1 is 1.00 bits per heavy atom. The first kappa shape index (κ1) is 22.3. The van der Waals surface area contributed by atoms with Gasteiger partial charge in [0, 0.05) is 28.6 Å². The van der Waals surface area contributed by atoms with Gasteiger partial charge in [0.15, 0.2) is 0 Å². The maximum Gasteiger partial charge on any atom is 0.254 e. The zero-order chi connectivity index (χ0) is 23.4. The van der Waals surface area contributed by atoms with Crippen LogP contribution < -0.4 is 10.3 Å². The van der Waals surface area contributed by atoms with E-state index in [-0.39, 0.29) is 30.4 Å². The van der Waals surface area contributed by atoms with Crippen LogP contribution in [0.25, 0.3) is 10.9 Å². The van der Waals surface area contributed by atoms with Gasteiger partial charge in [-0.25, -0.2) is 4.39 Å². The topological polar surface area (TPSA) is 62.4 Å². The van der Waals surface area contributed by atoms with E-state index < -0.39 is 0 Å². The number of hydrogen-bond donors (Lipinski definition) is 1. The molecule has 1 aromatic heterocycles. The fourth-order valence-corrected chi connectivity index (χ4v) is 3.78. The van der Waals surface area contributed by atoms with Crippen LogP contribution in [0.2, 0.25) is 0 Å². The summed E-state index contributed by atoms with van der Waals surface area (Å²) in [6, 6.07) is 20.6. The van der Waals surface area contributed by atoms with E-state index in [0.29, 0.717) is 29.0 Å². The summed E-state index contributed by atoms with van der Waals surface area (Å²) in [7, 11) is 0. The fraction of sp³-hybridized carbons (Fsp3) is 0.185. The number of aromatic nitrogens is 1. The van der Waals surface area contributed by atoms with Gasteiger partial charge in [-0.15, -0.1) is 0 Å². The largest absolute Gasteiger partial charge is 0.494 e. The molecular formula is C27H25FN2O3. The van der Waals surface area contributed by atoms with Crippen LogP contribution in [0.1, 0.15) is 34.0 Å². The van der Waals surface area contributed by atoms with Crippen molar-refractivity contribution in [1.82, 2.24) is 9.88 Å². The van der Waals surface area contributed by atoms with Gasteiger partial charge in [-0.05, 0) is 67.9 Å². The number of aromatic amines is 1. The lowest BCUT2D eigenvalue weighted by Gasteiger charge is -2.23. The van der Waals surface area contributed by atoms with Crippen molar-refractivity contribution in [3.63, 3.8) is 0 Å². The number of benzene rings is 3. The van der Waals surface area contributed by atoms with E-state index in [9.17, 15) is 14.0 Å². The number of nitrogens with zero attached hydrogens (tertiary/aromatic N) is 1. The number of fused-ring (bicyclic) bond motifs is 1. The Morgan fingerprint density at radius 3 is 2.52 bits per heavy atom. The number of pyridine rings is 1. The van der Waals surface area contributed by atoms with Crippen LogP contribution in [0.3, 0.4) is 0 Å². The predicted molar refractivity (Wildman–Crippen MR) is 127 cm³/mol. The number of ether oxygens (including phenoxy) is 1. The van der Waals surface area contributed by atoms with E-state index in [2.05, 4.69) is 4.98 Å². The summed E-state index contributed by atoms with van der Waals surface area (Å²) in [6.07, 6.45) is 0. The molecule has 0 bridgehead atoms. The van der Waals surface area contributed by atoms with E-state index in [1.165, 1.54) is 12.1 Å². The molecule has 0 aliphatic heterocycles. The van der Waals surface area contributed by atoms with E-state index in [1.807, 2.05) is 44.2 Å². The number of carbonyl (C=O) groups excluding carboxylic acids is 1. The number of nitrogens with one attached hydrogen (secondary N) is 1. The Morgan fingerprint density at radius 2 is 1.79 bits per heavy atom. The molecule has 33 heavy (non-hydrogen) atoms. The highest BCUT2D eigenvalue weighted by Crippen LogP contribution is 2.21. The molecule has 0 aliphatic carbocycles. The third-order valence-electron chi connectivity index (χ3n) is 5.40. The number of carbonyl (C=O) groups is 1. The lowest BCUT2D eigenvalue weighted by molar-refractivity contribution is 0.0729. The van der Waals surface area contributed by atoms with Crippen molar-refractivity contribution in [2.75, 3.05) is 6.61 Å². The zero-order valence-electron chi connectivity index (χ0n) is 18.6. The van der Waals surface area contributed by atoms with E-state index >= 15 is 0 Å². The van der Waals surface area contributed by atoms with Gasteiger partial charge >= 0.3 is 0 Å². The number of H-pyrrole nitrogens is 1. The second kappa shape index (κ2) is 9.69. The van der Waals surface area contributed by atoms with Gasteiger partial charge in [0.05, 0.1) is 13.2 Å². The number of amides is 1. The smallest absolute Gasteiger partial charge is 0.254 e. The molecule has 0 atom stereocenters. The average molecular weight is 445 g/mol. The van der Waals surface area contributed by atoms with Crippen molar-refractivity contribution in [1.29, 1.82) is 0 Å². The van der Waals surface area contributed by atoms with Gasteiger partial charge in [0.1, 0.15) is 11.6 Å². The second-order valence-electron chi connectivity index (χ2n) is 7.96. The monoisotopic (exact) mass is 444 g/mol.